The van der Waals surface area contributed by atoms with Gasteiger partial charge < -0.3 is 5.73 Å². The second-order valence-corrected chi connectivity index (χ2v) is 6.31. The number of hydrogen-bond donors (Lipinski definition) is 1. The van der Waals surface area contributed by atoms with Crippen LogP contribution in [0.4, 0.5) is 4.39 Å². The Morgan fingerprint density at radius 1 is 1.31 bits per heavy atom. The standard InChI is InChI=1S/C11H16FNO2S/c1-8(2)16(14,15)11-6-4-3-5-9(11)10(12)7-13/h3-6,8,10H,7,13H2,1-2H3. The molecule has 0 heterocycles. The summed E-state index contributed by atoms with van der Waals surface area (Å²) in [7, 11) is -3.46. The van der Waals surface area contributed by atoms with Gasteiger partial charge in [-0.1, -0.05) is 18.2 Å². The topological polar surface area (TPSA) is 60.2 Å². The summed E-state index contributed by atoms with van der Waals surface area (Å²) < 4.78 is 37.5. The SMILES string of the molecule is CC(C)S(=O)(=O)c1ccccc1C(F)CN. The molecule has 0 fully saturated rings. The Morgan fingerprint density at radius 2 is 1.88 bits per heavy atom. The van der Waals surface area contributed by atoms with Crippen molar-refractivity contribution < 1.29 is 12.8 Å². The van der Waals surface area contributed by atoms with Crippen molar-refractivity contribution in [1.82, 2.24) is 0 Å². The lowest BCUT2D eigenvalue weighted by molar-refractivity contribution is 0.347. The first-order chi connectivity index (χ1) is 7.41. The van der Waals surface area contributed by atoms with Crippen LogP contribution < -0.4 is 5.73 Å². The van der Waals surface area contributed by atoms with Crippen LogP contribution in [0.15, 0.2) is 29.2 Å². The zero-order valence-corrected chi connectivity index (χ0v) is 10.2. The predicted octanol–water partition coefficient (Wildman–Crippen LogP) is 1.84. The highest BCUT2D eigenvalue weighted by Gasteiger charge is 2.25. The van der Waals surface area contributed by atoms with Crippen molar-refractivity contribution >= 4 is 9.84 Å². The molecule has 0 saturated heterocycles. The van der Waals surface area contributed by atoms with Crippen LogP contribution in [-0.4, -0.2) is 20.2 Å². The monoisotopic (exact) mass is 245 g/mol. The Bertz CT molecular complexity index is 457. The molecule has 0 saturated carbocycles. The molecule has 1 atom stereocenters. The second-order valence-electron chi connectivity index (χ2n) is 3.83. The molecule has 2 N–H and O–H groups in total. The average Bonchev–Trinajstić information content (AvgIpc) is 2.27. The van der Waals surface area contributed by atoms with Gasteiger partial charge >= 0.3 is 0 Å². The van der Waals surface area contributed by atoms with Gasteiger partial charge in [0.2, 0.25) is 0 Å². The summed E-state index contributed by atoms with van der Waals surface area (Å²) in [6, 6.07) is 6.08. The zero-order valence-electron chi connectivity index (χ0n) is 9.35. The lowest BCUT2D eigenvalue weighted by atomic mass is 10.1. The van der Waals surface area contributed by atoms with E-state index in [1.54, 1.807) is 26.0 Å². The largest absolute Gasteiger partial charge is 0.327 e. The molecule has 0 aliphatic carbocycles. The van der Waals surface area contributed by atoms with Crippen LogP contribution in [0, 0.1) is 0 Å². The molecule has 5 heteroatoms. The molecule has 0 aromatic heterocycles. The van der Waals surface area contributed by atoms with Crippen molar-refractivity contribution in [2.45, 2.75) is 30.2 Å². The smallest absolute Gasteiger partial charge is 0.181 e. The molecular formula is C11H16FNO2S. The number of hydrogen-bond acceptors (Lipinski definition) is 3. The Labute approximate surface area is 95.4 Å². The minimum atomic E-state index is -3.46. The summed E-state index contributed by atoms with van der Waals surface area (Å²) in [4.78, 5) is 0.0444. The summed E-state index contributed by atoms with van der Waals surface area (Å²) in [5.74, 6) is 0. The maximum absolute atomic E-state index is 13.5. The minimum absolute atomic E-state index is 0.0444. The molecule has 0 spiro atoms. The third-order valence-corrected chi connectivity index (χ3v) is 4.62. The second kappa shape index (κ2) is 4.93. The molecule has 0 bridgehead atoms. The number of benzene rings is 1. The first-order valence-electron chi connectivity index (χ1n) is 5.08. The molecule has 1 unspecified atom stereocenters. The van der Waals surface area contributed by atoms with Crippen LogP contribution in [0.2, 0.25) is 0 Å². The van der Waals surface area contributed by atoms with Crippen molar-refractivity contribution in [1.29, 1.82) is 0 Å². The molecule has 3 nitrogen and oxygen atoms in total. The highest BCUT2D eigenvalue weighted by Crippen LogP contribution is 2.27. The van der Waals surface area contributed by atoms with Gasteiger partial charge in [-0.2, -0.15) is 0 Å². The number of nitrogens with two attached hydrogens (primary N) is 1. The van der Waals surface area contributed by atoms with E-state index in [1.165, 1.54) is 12.1 Å². The maximum atomic E-state index is 13.5. The summed E-state index contributed by atoms with van der Waals surface area (Å²) >= 11 is 0. The van der Waals surface area contributed by atoms with Gasteiger partial charge in [-0.3, -0.25) is 0 Å². The van der Waals surface area contributed by atoms with Crippen LogP contribution >= 0.6 is 0 Å². The van der Waals surface area contributed by atoms with E-state index in [4.69, 9.17) is 5.73 Å². The Balaban J connectivity index is 3.35. The van der Waals surface area contributed by atoms with Gasteiger partial charge in [-0.15, -0.1) is 0 Å². The third kappa shape index (κ3) is 2.41. The quantitative estimate of drug-likeness (QED) is 0.880. The third-order valence-electron chi connectivity index (χ3n) is 2.39. The molecule has 1 aromatic carbocycles. The van der Waals surface area contributed by atoms with E-state index in [0.717, 1.165) is 0 Å². The van der Waals surface area contributed by atoms with Gasteiger partial charge in [-0.25, -0.2) is 12.8 Å². The van der Waals surface area contributed by atoms with Crippen LogP contribution in [0.25, 0.3) is 0 Å². The van der Waals surface area contributed by atoms with Gasteiger partial charge in [0.15, 0.2) is 9.84 Å². The minimum Gasteiger partial charge on any atom is -0.327 e. The van der Waals surface area contributed by atoms with E-state index >= 15 is 0 Å². The van der Waals surface area contributed by atoms with Crippen molar-refractivity contribution in [2.75, 3.05) is 6.54 Å². The molecule has 0 amide bonds. The van der Waals surface area contributed by atoms with E-state index in [-0.39, 0.29) is 17.0 Å². The van der Waals surface area contributed by atoms with Gasteiger partial charge in [-0.05, 0) is 19.9 Å². The van der Waals surface area contributed by atoms with E-state index in [9.17, 15) is 12.8 Å². The fourth-order valence-electron chi connectivity index (χ4n) is 1.38. The lowest BCUT2D eigenvalue weighted by Gasteiger charge is -2.14. The van der Waals surface area contributed by atoms with Crippen LogP contribution in [0.3, 0.4) is 0 Å². The molecule has 90 valence electrons. The van der Waals surface area contributed by atoms with Crippen molar-refractivity contribution in [2.24, 2.45) is 5.73 Å². The maximum Gasteiger partial charge on any atom is 0.181 e. The molecule has 1 aromatic rings. The van der Waals surface area contributed by atoms with Crippen LogP contribution in [0.5, 0.6) is 0 Å². The van der Waals surface area contributed by atoms with Crippen LogP contribution in [-0.2, 0) is 9.84 Å². The summed E-state index contributed by atoms with van der Waals surface area (Å²) in [5.41, 5.74) is 5.37. The van der Waals surface area contributed by atoms with Crippen molar-refractivity contribution in [3.8, 4) is 0 Å². The number of sulfone groups is 1. The summed E-state index contributed by atoms with van der Waals surface area (Å²) in [6.45, 7) is 2.92. The Morgan fingerprint density at radius 3 is 2.38 bits per heavy atom. The molecule has 1 rings (SSSR count). The van der Waals surface area contributed by atoms with Gasteiger partial charge in [0.25, 0.3) is 0 Å². The highest BCUT2D eigenvalue weighted by molar-refractivity contribution is 7.92. The first kappa shape index (κ1) is 13.1. The van der Waals surface area contributed by atoms with E-state index in [2.05, 4.69) is 0 Å². The zero-order chi connectivity index (χ0) is 12.3. The fourth-order valence-corrected chi connectivity index (χ4v) is 2.68. The number of rotatable bonds is 4. The van der Waals surface area contributed by atoms with Crippen molar-refractivity contribution in [3.05, 3.63) is 29.8 Å². The normalized spacial score (nSPS) is 14.1. The van der Waals surface area contributed by atoms with Gasteiger partial charge in [0.1, 0.15) is 6.17 Å². The fraction of sp³-hybridized carbons (Fsp3) is 0.455. The number of alkyl halides is 1. The molecule has 0 aliphatic heterocycles. The first-order valence-corrected chi connectivity index (χ1v) is 6.62. The summed E-state index contributed by atoms with van der Waals surface area (Å²) in [5, 5.41) is -0.571. The van der Waals surface area contributed by atoms with E-state index in [1.807, 2.05) is 0 Å². The average molecular weight is 245 g/mol. The van der Waals surface area contributed by atoms with Crippen molar-refractivity contribution in [3.63, 3.8) is 0 Å². The highest BCUT2D eigenvalue weighted by atomic mass is 32.2. The van der Waals surface area contributed by atoms with Gasteiger partial charge in [0, 0.05) is 12.1 Å². The molecular weight excluding hydrogens is 229 g/mol. The molecule has 0 radical (unpaired) electrons. The predicted molar refractivity (Wildman–Crippen MR) is 61.7 cm³/mol. The van der Waals surface area contributed by atoms with E-state index in [0.29, 0.717) is 0 Å². The summed E-state index contributed by atoms with van der Waals surface area (Å²) in [6.07, 6.45) is -1.44. The number of halogens is 1. The molecule has 0 aliphatic rings. The molecule has 16 heavy (non-hydrogen) atoms. The van der Waals surface area contributed by atoms with Crippen LogP contribution in [0.1, 0.15) is 25.6 Å². The Hall–Kier alpha value is -0.940. The Kier molecular flexibility index (Phi) is 4.04. The lowest BCUT2D eigenvalue weighted by Crippen LogP contribution is -2.18. The van der Waals surface area contributed by atoms with E-state index < -0.39 is 21.3 Å². The van der Waals surface area contributed by atoms with Gasteiger partial charge in [0.05, 0.1) is 10.1 Å².